The Hall–Kier alpha value is -1.46. The zero-order valence-corrected chi connectivity index (χ0v) is 12.0. The lowest BCUT2D eigenvalue weighted by atomic mass is 10.2. The van der Waals surface area contributed by atoms with E-state index < -0.39 is 12.0 Å². The summed E-state index contributed by atoms with van der Waals surface area (Å²) in [7, 11) is 0. The maximum atomic E-state index is 12.0. The van der Waals surface area contributed by atoms with E-state index in [0.29, 0.717) is 35.2 Å². The molecule has 0 bridgehead atoms. The van der Waals surface area contributed by atoms with Gasteiger partial charge in [-0.05, 0) is 25.0 Å². The summed E-state index contributed by atoms with van der Waals surface area (Å²) in [5.41, 5.74) is 0. The molecule has 1 fully saturated rings. The lowest BCUT2D eigenvalue weighted by Crippen LogP contribution is -2.42. The van der Waals surface area contributed by atoms with Crippen LogP contribution in [0.1, 0.15) is 12.8 Å². The van der Waals surface area contributed by atoms with Crippen LogP contribution >= 0.6 is 23.2 Å². The quantitative estimate of drug-likeness (QED) is 0.926. The number of aliphatic carboxylic acids is 1. The standard InChI is InChI=1S/C13H13Cl2NO4/c14-9-4-3-8(6-10(9)15)20-7-12(17)16-5-1-2-11(16)13(18)19/h3-4,6,11H,1-2,5,7H2,(H,18,19)/t11-/m1/s1. The minimum atomic E-state index is -0.981. The van der Waals surface area contributed by atoms with Crippen LogP contribution in [-0.2, 0) is 9.59 Å². The molecule has 7 heteroatoms. The molecule has 1 aromatic rings. The van der Waals surface area contributed by atoms with E-state index >= 15 is 0 Å². The maximum absolute atomic E-state index is 12.0. The number of amides is 1. The number of likely N-dealkylation sites (tertiary alicyclic amines) is 1. The molecule has 0 radical (unpaired) electrons. The molecule has 1 aliphatic rings. The molecule has 0 aliphatic carbocycles. The van der Waals surface area contributed by atoms with Gasteiger partial charge in [0.1, 0.15) is 11.8 Å². The van der Waals surface area contributed by atoms with Crippen molar-refractivity contribution >= 4 is 35.1 Å². The van der Waals surface area contributed by atoms with Gasteiger partial charge >= 0.3 is 5.97 Å². The van der Waals surface area contributed by atoms with Gasteiger partial charge in [0.2, 0.25) is 0 Å². The van der Waals surface area contributed by atoms with E-state index in [0.717, 1.165) is 0 Å². The van der Waals surface area contributed by atoms with Crippen molar-refractivity contribution in [1.29, 1.82) is 0 Å². The number of benzene rings is 1. The van der Waals surface area contributed by atoms with Gasteiger partial charge in [-0.3, -0.25) is 4.79 Å². The molecule has 1 atom stereocenters. The first kappa shape index (κ1) is 14.9. The van der Waals surface area contributed by atoms with Crippen molar-refractivity contribution in [3.05, 3.63) is 28.2 Å². The molecule has 0 spiro atoms. The van der Waals surface area contributed by atoms with Crippen molar-refractivity contribution in [3.8, 4) is 5.75 Å². The molecule has 0 aromatic heterocycles. The van der Waals surface area contributed by atoms with Gasteiger partial charge in [-0.2, -0.15) is 0 Å². The second-order valence-electron chi connectivity index (χ2n) is 4.45. The molecule has 1 saturated heterocycles. The van der Waals surface area contributed by atoms with Crippen molar-refractivity contribution in [2.45, 2.75) is 18.9 Å². The third kappa shape index (κ3) is 3.35. The molecular weight excluding hydrogens is 305 g/mol. The molecule has 0 unspecified atom stereocenters. The Morgan fingerprint density at radius 2 is 2.10 bits per heavy atom. The molecule has 5 nitrogen and oxygen atoms in total. The molecule has 1 heterocycles. The van der Waals surface area contributed by atoms with Crippen LogP contribution in [-0.4, -0.2) is 41.1 Å². The molecule has 108 valence electrons. The molecule has 0 saturated carbocycles. The average molecular weight is 318 g/mol. The van der Waals surface area contributed by atoms with E-state index in [1.54, 1.807) is 12.1 Å². The largest absolute Gasteiger partial charge is 0.484 e. The first-order chi connectivity index (χ1) is 9.49. The van der Waals surface area contributed by atoms with Crippen molar-refractivity contribution in [2.24, 2.45) is 0 Å². The van der Waals surface area contributed by atoms with Gasteiger partial charge in [-0.1, -0.05) is 23.2 Å². The highest BCUT2D eigenvalue weighted by molar-refractivity contribution is 6.42. The van der Waals surface area contributed by atoms with Gasteiger partial charge in [0.25, 0.3) is 5.91 Å². The van der Waals surface area contributed by atoms with Crippen molar-refractivity contribution < 1.29 is 19.4 Å². The number of carboxylic acid groups (broad SMARTS) is 1. The van der Waals surface area contributed by atoms with Crippen LogP contribution in [0.5, 0.6) is 5.75 Å². The van der Waals surface area contributed by atoms with E-state index in [1.165, 1.54) is 11.0 Å². The monoisotopic (exact) mass is 317 g/mol. The van der Waals surface area contributed by atoms with E-state index in [1.807, 2.05) is 0 Å². The molecule has 1 amide bonds. The van der Waals surface area contributed by atoms with Gasteiger partial charge in [0, 0.05) is 12.6 Å². The van der Waals surface area contributed by atoms with Crippen LogP contribution in [0.4, 0.5) is 0 Å². The summed E-state index contributed by atoms with van der Waals surface area (Å²) in [5.74, 6) is -0.912. The van der Waals surface area contributed by atoms with Gasteiger partial charge in [0.05, 0.1) is 10.0 Å². The van der Waals surface area contributed by atoms with E-state index in [-0.39, 0.29) is 12.5 Å². The summed E-state index contributed by atoms with van der Waals surface area (Å²) in [6, 6.07) is 3.93. The van der Waals surface area contributed by atoms with Crippen molar-refractivity contribution in [3.63, 3.8) is 0 Å². The Bertz CT molecular complexity index is 535. The molecule has 2 rings (SSSR count). The Kier molecular flexibility index (Phi) is 4.73. The summed E-state index contributed by atoms with van der Waals surface area (Å²) >= 11 is 11.6. The zero-order valence-electron chi connectivity index (χ0n) is 10.5. The topological polar surface area (TPSA) is 66.8 Å². The second kappa shape index (κ2) is 6.33. The van der Waals surface area contributed by atoms with Crippen molar-refractivity contribution in [1.82, 2.24) is 4.90 Å². The summed E-state index contributed by atoms with van der Waals surface area (Å²) in [5, 5.41) is 9.75. The average Bonchev–Trinajstić information content (AvgIpc) is 2.89. The van der Waals surface area contributed by atoms with E-state index in [9.17, 15) is 9.59 Å². The Labute approximate surface area is 126 Å². The Morgan fingerprint density at radius 1 is 1.35 bits per heavy atom. The van der Waals surface area contributed by atoms with Crippen LogP contribution in [0.2, 0.25) is 10.0 Å². The first-order valence-corrected chi connectivity index (χ1v) is 6.85. The fourth-order valence-corrected chi connectivity index (χ4v) is 2.40. The molecule has 1 aromatic carbocycles. The summed E-state index contributed by atoms with van der Waals surface area (Å²) in [6.45, 7) is 0.224. The van der Waals surface area contributed by atoms with Crippen LogP contribution in [0.25, 0.3) is 0 Å². The highest BCUT2D eigenvalue weighted by Gasteiger charge is 2.33. The smallest absolute Gasteiger partial charge is 0.326 e. The third-order valence-electron chi connectivity index (χ3n) is 3.11. The molecular formula is C13H13Cl2NO4. The number of hydrogen-bond donors (Lipinski definition) is 1. The number of carbonyl (C=O) groups excluding carboxylic acids is 1. The number of carbonyl (C=O) groups is 2. The number of rotatable bonds is 4. The highest BCUT2D eigenvalue weighted by atomic mass is 35.5. The lowest BCUT2D eigenvalue weighted by Gasteiger charge is -2.21. The lowest BCUT2D eigenvalue weighted by molar-refractivity contribution is -0.148. The van der Waals surface area contributed by atoms with Gasteiger partial charge < -0.3 is 14.7 Å². The molecule has 1 N–H and O–H groups in total. The van der Waals surface area contributed by atoms with Crippen LogP contribution in [0, 0.1) is 0 Å². The maximum Gasteiger partial charge on any atom is 0.326 e. The normalized spacial score (nSPS) is 18.1. The molecule has 20 heavy (non-hydrogen) atoms. The zero-order chi connectivity index (χ0) is 14.7. The minimum Gasteiger partial charge on any atom is -0.484 e. The number of carboxylic acids is 1. The summed E-state index contributed by atoms with van der Waals surface area (Å²) < 4.78 is 5.32. The minimum absolute atomic E-state index is 0.220. The van der Waals surface area contributed by atoms with Crippen molar-refractivity contribution in [2.75, 3.05) is 13.2 Å². The predicted octanol–water partition coefficient (Wildman–Crippen LogP) is 2.45. The second-order valence-corrected chi connectivity index (χ2v) is 5.26. The number of ether oxygens (including phenoxy) is 1. The Morgan fingerprint density at radius 3 is 2.75 bits per heavy atom. The summed E-state index contributed by atoms with van der Waals surface area (Å²) in [4.78, 5) is 24.3. The molecule has 1 aliphatic heterocycles. The fraction of sp³-hybridized carbons (Fsp3) is 0.385. The number of halogens is 2. The van der Waals surface area contributed by atoms with Gasteiger partial charge in [0.15, 0.2) is 6.61 Å². The van der Waals surface area contributed by atoms with Crippen LogP contribution < -0.4 is 4.74 Å². The first-order valence-electron chi connectivity index (χ1n) is 6.09. The van der Waals surface area contributed by atoms with E-state index in [2.05, 4.69) is 0 Å². The number of nitrogens with zero attached hydrogens (tertiary/aromatic N) is 1. The highest BCUT2D eigenvalue weighted by Crippen LogP contribution is 2.26. The van der Waals surface area contributed by atoms with Gasteiger partial charge in [-0.15, -0.1) is 0 Å². The number of hydrogen-bond acceptors (Lipinski definition) is 3. The van der Waals surface area contributed by atoms with E-state index in [4.69, 9.17) is 33.0 Å². The third-order valence-corrected chi connectivity index (χ3v) is 3.85. The SMILES string of the molecule is O=C(O)[C@H]1CCCN1C(=O)COc1ccc(Cl)c(Cl)c1. The summed E-state index contributed by atoms with van der Waals surface area (Å²) in [6.07, 6.45) is 1.17. The fourth-order valence-electron chi connectivity index (χ4n) is 2.12. The van der Waals surface area contributed by atoms with Gasteiger partial charge in [-0.25, -0.2) is 4.79 Å². The Balaban J connectivity index is 1.94. The predicted molar refractivity (Wildman–Crippen MR) is 74.3 cm³/mol. The van der Waals surface area contributed by atoms with Crippen LogP contribution in [0.3, 0.4) is 0 Å². The van der Waals surface area contributed by atoms with Crippen LogP contribution in [0.15, 0.2) is 18.2 Å².